The first-order chi connectivity index (χ1) is 10.1. The van der Waals surface area contributed by atoms with E-state index in [2.05, 4.69) is 25.8 Å². The number of carboxylic acids is 1. The number of benzene rings is 1. The summed E-state index contributed by atoms with van der Waals surface area (Å²) in [6.07, 6.45) is 4.38. The van der Waals surface area contributed by atoms with Gasteiger partial charge >= 0.3 is 5.97 Å². The fourth-order valence-corrected chi connectivity index (χ4v) is 2.53. The molecule has 0 saturated carbocycles. The number of anilines is 1. The number of aliphatic carboxylic acids is 1. The number of hydrogen-bond acceptors (Lipinski definition) is 3. The third-order valence-electron chi connectivity index (χ3n) is 3.07. The lowest BCUT2D eigenvalue weighted by Crippen LogP contribution is -2.24. The molecule has 0 aliphatic carbocycles. The van der Waals surface area contributed by atoms with Crippen molar-refractivity contribution in [3.63, 3.8) is 0 Å². The SMILES string of the molecule is O=C(O)CCCN(Cc1cncc(Br)c1)c1ccccc1. The van der Waals surface area contributed by atoms with E-state index in [1.165, 1.54) is 0 Å². The van der Waals surface area contributed by atoms with Crippen LogP contribution in [0.25, 0.3) is 0 Å². The van der Waals surface area contributed by atoms with Gasteiger partial charge in [0.15, 0.2) is 0 Å². The molecule has 0 aliphatic heterocycles. The number of rotatable bonds is 7. The second-order valence-electron chi connectivity index (χ2n) is 4.77. The fraction of sp³-hybridized carbons (Fsp3) is 0.250. The van der Waals surface area contributed by atoms with E-state index in [-0.39, 0.29) is 6.42 Å². The fourth-order valence-electron chi connectivity index (χ4n) is 2.12. The Bertz CT molecular complexity index is 590. The van der Waals surface area contributed by atoms with Gasteiger partial charge in [-0.25, -0.2) is 0 Å². The van der Waals surface area contributed by atoms with Crippen molar-refractivity contribution in [3.05, 3.63) is 58.8 Å². The highest BCUT2D eigenvalue weighted by Crippen LogP contribution is 2.19. The quantitative estimate of drug-likeness (QED) is 0.828. The number of para-hydroxylation sites is 1. The number of aromatic nitrogens is 1. The van der Waals surface area contributed by atoms with E-state index in [0.717, 1.165) is 15.7 Å². The average Bonchev–Trinajstić information content (AvgIpc) is 2.47. The lowest BCUT2D eigenvalue weighted by Gasteiger charge is -2.24. The van der Waals surface area contributed by atoms with E-state index in [1.807, 2.05) is 42.6 Å². The standard InChI is InChI=1S/C16H17BrN2O2/c17-14-9-13(10-18-11-14)12-19(8-4-7-16(20)21)15-5-2-1-3-6-15/h1-3,5-6,9-11H,4,7-8,12H2,(H,20,21). The maximum absolute atomic E-state index is 10.7. The molecule has 0 amide bonds. The summed E-state index contributed by atoms with van der Waals surface area (Å²) in [4.78, 5) is 17.0. The van der Waals surface area contributed by atoms with Crippen LogP contribution in [0.15, 0.2) is 53.3 Å². The van der Waals surface area contributed by atoms with Gasteiger partial charge in [0, 0.05) is 42.1 Å². The summed E-state index contributed by atoms with van der Waals surface area (Å²) in [5.41, 5.74) is 2.17. The third kappa shape index (κ3) is 5.19. The van der Waals surface area contributed by atoms with Gasteiger partial charge in [-0.3, -0.25) is 9.78 Å². The zero-order valence-corrected chi connectivity index (χ0v) is 13.2. The molecule has 0 fully saturated rings. The Balaban J connectivity index is 2.10. The Labute approximate surface area is 132 Å². The number of halogens is 1. The number of carboxylic acid groups (broad SMARTS) is 1. The topological polar surface area (TPSA) is 53.4 Å². The predicted octanol–water partition coefficient (Wildman–Crippen LogP) is 3.72. The minimum absolute atomic E-state index is 0.181. The van der Waals surface area contributed by atoms with Gasteiger partial charge in [0.1, 0.15) is 0 Å². The van der Waals surface area contributed by atoms with Crippen LogP contribution in [0.5, 0.6) is 0 Å². The molecule has 2 rings (SSSR count). The van der Waals surface area contributed by atoms with Crippen LogP contribution in [-0.2, 0) is 11.3 Å². The summed E-state index contributed by atoms with van der Waals surface area (Å²) < 4.78 is 0.943. The van der Waals surface area contributed by atoms with Crippen LogP contribution in [0.4, 0.5) is 5.69 Å². The smallest absolute Gasteiger partial charge is 0.303 e. The first-order valence-corrected chi connectivity index (χ1v) is 7.55. The maximum Gasteiger partial charge on any atom is 0.303 e. The Kier molecular flexibility index (Phi) is 5.75. The highest BCUT2D eigenvalue weighted by molar-refractivity contribution is 9.10. The van der Waals surface area contributed by atoms with E-state index >= 15 is 0 Å². The van der Waals surface area contributed by atoms with E-state index in [0.29, 0.717) is 19.5 Å². The molecule has 4 nitrogen and oxygen atoms in total. The molecule has 110 valence electrons. The normalized spacial score (nSPS) is 10.3. The van der Waals surface area contributed by atoms with Gasteiger partial charge in [-0.1, -0.05) is 18.2 Å². The lowest BCUT2D eigenvalue weighted by atomic mass is 10.2. The maximum atomic E-state index is 10.7. The molecule has 0 bridgehead atoms. The first-order valence-electron chi connectivity index (χ1n) is 6.76. The van der Waals surface area contributed by atoms with Crippen molar-refractivity contribution in [2.45, 2.75) is 19.4 Å². The number of carbonyl (C=O) groups is 1. The molecule has 2 aromatic rings. The predicted molar refractivity (Wildman–Crippen MR) is 86.3 cm³/mol. The Morgan fingerprint density at radius 3 is 2.67 bits per heavy atom. The van der Waals surface area contributed by atoms with Gasteiger partial charge in [0.25, 0.3) is 0 Å². The van der Waals surface area contributed by atoms with Gasteiger partial charge in [0.05, 0.1) is 0 Å². The van der Waals surface area contributed by atoms with Crippen molar-refractivity contribution in [1.82, 2.24) is 4.98 Å². The molecule has 1 N–H and O–H groups in total. The summed E-state index contributed by atoms with van der Waals surface area (Å²) in [6.45, 7) is 1.40. The zero-order valence-electron chi connectivity index (χ0n) is 11.6. The number of hydrogen-bond donors (Lipinski definition) is 1. The van der Waals surface area contributed by atoms with Crippen molar-refractivity contribution < 1.29 is 9.90 Å². The Morgan fingerprint density at radius 2 is 2.00 bits per heavy atom. The molecule has 0 unspecified atom stereocenters. The third-order valence-corrected chi connectivity index (χ3v) is 3.51. The van der Waals surface area contributed by atoms with Crippen LogP contribution in [0.1, 0.15) is 18.4 Å². The second kappa shape index (κ2) is 7.78. The Morgan fingerprint density at radius 1 is 1.24 bits per heavy atom. The average molecular weight is 349 g/mol. The summed E-state index contributed by atoms with van der Waals surface area (Å²) in [5, 5.41) is 8.79. The second-order valence-corrected chi connectivity index (χ2v) is 5.68. The molecular formula is C16H17BrN2O2. The molecule has 0 saturated heterocycles. The molecular weight excluding hydrogens is 332 g/mol. The molecule has 0 radical (unpaired) electrons. The lowest BCUT2D eigenvalue weighted by molar-refractivity contribution is -0.137. The largest absolute Gasteiger partial charge is 0.481 e. The van der Waals surface area contributed by atoms with Crippen LogP contribution in [0, 0.1) is 0 Å². The highest BCUT2D eigenvalue weighted by Gasteiger charge is 2.09. The van der Waals surface area contributed by atoms with Crippen molar-refractivity contribution in [2.75, 3.05) is 11.4 Å². The van der Waals surface area contributed by atoms with Crippen LogP contribution < -0.4 is 4.90 Å². The summed E-state index contributed by atoms with van der Waals surface area (Å²) in [5.74, 6) is -0.757. The van der Waals surface area contributed by atoms with E-state index < -0.39 is 5.97 Å². The van der Waals surface area contributed by atoms with Crippen molar-refractivity contribution in [2.24, 2.45) is 0 Å². The Hall–Kier alpha value is -1.88. The molecule has 1 aromatic heterocycles. The van der Waals surface area contributed by atoms with Gasteiger partial charge in [-0.05, 0) is 46.1 Å². The van der Waals surface area contributed by atoms with E-state index in [9.17, 15) is 4.79 Å². The molecule has 21 heavy (non-hydrogen) atoms. The van der Waals surface area contributed by atoms with Crippen LogP contribution >= 0.6 is 15.9 Å². The molecule has 1 heterocycles. The van der Waals surface area contributed by atoms with Crippen molar-refractivity contribution in [3.8, 4) is 0 Å². The monoisotopic (exact) mass is 348 g/mol. The van der Waals surface area contributed by atoms with Gasteiger partial charge < -0.3 is 10.0 Å². The number of pyridine rings is 1. The summed E-state index contributed by atoms with van der Waals surface area (Å²) in [6, 6.07) is 12.0. The minimum Gasteiger partial charge on any atom is -0.481 e. The van der Waals surface area contributed by atoms with Crippen LogP contribution in [0.2, 0.25) is 0 Å². The zero-order chi connectivity index (χ0) is 15.1. The summed E-state index contributed by atoms with van der Waals surface area (Å²) in [7, 11) is 0. The molecule has 0 spiro atoms. The van der Waals surface area contributed by atoms with Gasteiger partial charge in [0.2, 0.25) is 0 Å². The van der Waals surface area contributed by atoms with Gasteiger partial charge in [-0.15, -0.1) is 0 Å². The van der Waals surface area contributed by atoms with Crippen LogP contribution in [-0.4, -0.2) is 22.6 Å². The summed E-state index contributed by atoms with van der Waals surface area (Å²) >= 11 is 3.42. The van der Waals surface area contributed by atoms with Crippen LogP contribution in [0.3, 0.4) is 0 Å². The number of nitrogens with zero attached hydrogens (tertiary/aromatic N) is 2. The first kappa shape index (κ1) is 15.5. The molecule has 1 aromatic carbocycles. The molecule has 0 aliphatic rings. The molecule has 5 heteroatoms. The highest BCUT2D eigenvalue weighted by atomic mass is 79.9. The molecule has 0 atom stereocenters. The van der Waals surface area contributed by atoms with Gasteiger partial charge in [-0.2, -0.15) is 0 Å². The van der Waals surface area contributed by atoms with E-state index in [4.69, 9.17) is 5.11 Å². The van der Waals surface area contributed by atoms with Crippen molar-refractivity contribution >= 4 is 27.6 Å². The van der Waals surface area contributed by atoms with E-state index in [1.54, 1.807) is 6.20 Å². The van der Waals surface area contributed by atoms with Crippen molar-refractivity contribution in [1.29, 1.82) is 0 Å². The minimum atomic E-state index is -0.757.